The third-order valence-corrected chi connectivity index (χ3v) is 3.89. The Balaban J connectivity index is 1.75. The SMILES string of the molecule is CCN1CCN([C@H](C)CNC(=O)c2cc(C)no2)CC1. The van der Waals surface area contributed by atoms with Gasteiger partial charge < -0.3 is 14.7 Å². The van der Waals surface area contributed by atoms with Crippen molar-refractivity contribution in [3.63, 3.8) is 0 Å². The molecule has 0 saturated carbocycles. The van der Waals surface area contributed by atoms with Crippen LogP contribution in [0.3, 0.4) is 0 Å². The second kappa shape index (κ2) is 6.85. The van der Waals surface area contributed by atoms with Crippen LogP contribution in [0.4, 0.5) is 0 Å². The van der Waals surface area contributed by atoms with E-state index in [1.54, 1.807) is 13.0 Å². The normalized spacial score (nSPS) is 18.9. The number of hydrogen-bond donors (Lipinski definition) is 1. The molecule has 0 bridgehead atoms. The van der Waals surface area contributed by atoms with Gasteiger partial charge in [-0.25, -0.2) is 0 Å². The number of piperazine rings is 1. The number of aryl methyl sites for hydroxylation is 1. The van der Waals surface area contributed by atoms with Gasteiger partial charge in [0.15, 0.2) is 0 Å². The summed E-state index contributed by atoms with van der Waals surface area (Å²) in [6, 6.07) is 1.99. The number of carbonyl (C=O) groups excluding carboxylic acids is 1. The average molecular weight is 280 g/mol. The fraction of sp³-hybridized carbons (Fsp3) is 0.714. The van der Waals surface area contributed by atoms with E-state index in [1.165, 1.54) is 0 Å². The lowest BCUT2D eigenvalue weighted by molar-refractivity contribution is 0.0853. The predicted molar refractivity (Wildman–Crippen MR) is 76.7 cm³/mol. The second-order valence-electron chi connectivity index (χ2n) is 5.36. The Hall–Kier alpha value is -1.40. The summed E-state index contributed by atoms with van der Waals surface area (Å²) in [5, 5.41) is 6.63. The number of hydrogen-bond acceptors (Lipinski definition) is 5. The van der Waals surface area contributed by atoms with Crippen molar-refractivity contribution < 1.29 is 9.32 Å². The maximum Gasteiger partial charge on any atom is 0.289 e. The first-order valence-electron chi connectivity index (χ1n) is 7.28. The smallest absolute Gasteiger partial charge is 0.289 e. The number of aromatic nitrogens is 1. The summed E-state index contributed by atoms with van der Waals surface area (Å²) in [4.78, 5) is 16.7. The van der Waals surface area contributed by atoms with Gasteiger partial charge >= 0.3 is 0 Å². The first kappa shape index (κ1) is 15.0. The Morgan fingerprint density at radius 2 is 2.15 bits per heavy atom. The molecule has 1 aromatic heterocycles. The van der Waals surface area contributed by atoms with E-state index in [2.05, 4.69) is 34.1 Å². The summed E-state index contributed by atoms with van der Waals surface area (Å²) in [5.74, 6) is 0.0927. The zero-order valence-corrected chi connectivity index (χ0v) is 12.6. The topological polar surface area (TPSA) is 61.6 Å². The van der Waals surface area contributed by atoms with Crippen molar-refractivity contribution in [1.82, 2.24) is 20.3 Å². The molecular weight excluding hydrogens is 256 g/mol. The van der Waals surface area contributed by atoms with E-state index >= 15 is 0 Å². The second-order valence-corrected chi connectivity index (χ2v) is 5.36. The molecular formula is C14H24N4O2. The largest absolute Gasteiger partial charge is 0.351 e. The van der Waals surface area contributed by atoms with Gasteiger partial charge in [0.05, 0.1) is 5.69 Å². The van der Waals surface area contributed by atoms with E-state index in [-0.39, 0.29) is 11.7 Å². The van der Waals surface area contributed by atoms with Crippen LogP contribution in [-0.4, -0.2) is 66.2 Å². The first-order valence-corrected chi connectivity index (χ1v) is 7.28. The Morgan fingerprint density at radius 1 is 1.45 bits per heavy atom. The molecule has 20 heavy (non-hydrogen) atoms. The Kier molecular flexibility index (Phi) is 5.14. The van der Waals surface area contributed by atoms with Gasteiger partial charge in [0.1, 0.15) is 0 Å². The van der Waals surface area contributed by atoms with Crippen LogP contribution < -0.4 is 5.32 Å². The van der Waals surface area contributed by atoms with Gasteiger partial charge in [0.25, 0.3) is 5.91 Å². The van der Waals surface area contributed by atoms with Crippen molar-refractivity contribution >= 4 is 5.91 Å². The lowest BCUT2D eigenvalue weighted by Gasteiger charge is -2.37. The summed E-state index contributed by atoms with van der Waals surface area (Å²) in [6.07, 6.45) is 0. The molecule has 0 spiro atoms. The third-order valence-electron chi connectivity index (χ3n) is 3.89. The highest BCUT2D eigenvalue weighted by Gasteiger charge is 2.21. The minimum absolute atomic E-state index is 0.190. The van der Waals surface area contributed by atoms with Crippen molar-refractivity contribution in [2.75, 3.05) is 39.3 Å². The number of nitrogens with zero attached hydrogens (tertiary/aromatic N) is 3. The minimum Gasteiger partial charge on any atom is -0.351 e. The Labute approximate surface area is 120 Å². The highest BCUT2D eigenvalue weighted by Crippen LogP contribution is 2.06. The zero-order valence-electron chi connectivity index (χ0n) is 12.6. The van der Waals surface area contributed by atoms with E-state index in [4.69, 9.17) is 4.52 Å². The van der Waals surface area contributed by atoms with E-state index in [9.17, 15) is 4.79 Å². The summed E-state index contributed by atoms with van der Waals surface area (Å²) in [5.41, 5.74) is 0.721. The van der Waals surface area contributed by atoms with Gasteiger partial charge in [-0.1, -0.05) is 12.1 Å². The third kappa shape index (κ3) is 3.80. The van der Waals surface area contributed by atoms with Crippen LogP contribution in [0.5, 0.6) is 0 Å². The zero-order chi connectivity index (χ0) is 14.5. The molecule has 1 atom stereocenters. The van der Waals surface area contributed by atoms with E-state index < -0.39 is 0 Å². The van der Waals surface area contributed by atoms with Gasteiger partial charge in [-0.2, -0.15) is 0 Å². The number of likely N-dealkylation sites (N-methyl/N-ethyl adjacent to an activating group) is 1. The molecule has 2 heterocycles. The van der Waals surface area contributed by atoms with Crippen LogP contribution in [0.15, 0.2) is 10.6 Å². The number of amides is 1. The lowest BCUT2D eigenvalue weighted by Crippen LogP contribution is -2.52. The molecule has 1 aliphatic rings. The van der Waals surface area contributed by atoms with Crippen LogP contribution in [0.1, 0.15) is 30.1 Å². The fourth-order valence-electron chi connectivity index (χ4n) is 2.45. The number of rotatable bonds is 5. The Morgan fingerprint density at radius 3 is 2.70 bits per heavy atom. The number of nitrogens with one attached hydrogen (secondary N) is 1. The lowest BCUT2D eigenvalue weighted by atomic mass is 10.2. The molecule has 2 rings (SSSR count). The van der Waals surface area contributed by atoms with Crippen LogP contribution >= 0.6 is 0 Å². The average Bonchev–Trinajstić information content (AvgIpc) is 2.91. The molecule has 1 saturated heterocycles. The van der Waals surface area contributed by atoms with Crippen molar-refractivity contribution in [3.8, 4) is 0 Å². The van der Waals surface area contributed by atoms with Crippen molar-refractivity contribution in [2.45, 2.75) is 26.8 Å². The van der Waals surface area contributed by atoms with Crippen LogP contribution in [0, 0.1) is 6.92 Å². The molecule has 0 radical (unpaired) electrons. The van der Waals surface area contributed by atoms with Gasteiger partial charge in [-0.3, -0.25) is 9.69 Å². The van der Waals surface area contributed by atoms with Gasteiger partial charge in [-0.05, 0) is 20.4 Å². The molecule has 0 aromatic carbocycles. The monoisotopic (exact) mass is 280 g/mol. The maximum atomic E-state index is 11.9. The molecule has 6 nitrogen and oxygen atoms in total. The molecule has 0 unspecified atom stereocenters. The van der Waals surface area contributed by atoms with E-state index in [0.717, 1.165) is 38.4 Å². The highest BCUT2D eigenvalue weighted by atomic mass is 16.5. The summed E-state index contributed by atoms with van der Waals surface area (Å²) in [7, 11) is 0. The molecule has 0 aliphatic carbocycles. The Bertz CT molecular complexity index is 438. The van der Waals surface area contributed by atoms with Crippen LogP contribution in [0.2, 0.25) is 0 Å². The summed E-state index contributed by atoms with van der Waals surface area (Å²) < 4.78 is 4.95. The molecule has 1 fully saturated rings. The molecule has 6 heteroatoms. The van der Waals surface area contributed by atoms with E-state index in [1.807, 2.05) is 0 Å². The molecule has 112 valence electrons. The van der Waals surface area contributed by atoms with Gasteiger partial charge in [0, 0.05) is 44.8 Å². The van der Waals surface area contributed by atoms with Crippen LogP contribution in [0.25, 0.3) is 0 Å². The standard InChI is InChI=1S/C14H24N4O2/c1-4-17-5-7-18(8-6-17)12(3)10-15-14(19)13-9-11(2)16-20-13/h9,12H,4-8,10H2,1-3H3,(H,15,19)/t12-/m1/s1. The van der Waals surface area contributed by atoms with Crippen molar-refractivity contribution in [3.05, 3.63) is 17.5 Å². The summed E-state index contributed by atoms with van der Waals surface area (Å²) in [6.45, 7) is 12.2. The maximum absolute atomic E-state index is 11.9. The first-order chi connectivity index (χ1) is 9.60. The van der Waals surface area contributed by atoms with Gasteiger partial charge in [0.2, 0.25) is 5.76 Å². The molecule has 1 amide bonds. The van der Waals surface area contributed by atoms with Crippen molar-refractivity contribution in [2.24, 2.45) is 0 Å². The predicted octanol–water partition coefficient (Wildman–Crippen LogP) is 0.739. The van der Waals surface area contributed by atoms with Crippen molar-refractivity contribution in [1.29, 1.82) is 0 Å². The van der Waals surface area contributed by atoms with Crippen LogP contribution in [-0.2, 0) is 0 Å². The van der Waals surface area contributed by atoms with Gasteiger partial charge in [-0.15, -0.1) is 0 Å². The summed E-state index contributed by atoms with van der Waals surface area (Å²) >= 11 is 0. The molecule has 1 aliphatic heterocycles. The minimum atomic E-state index is -0.190. The highest BCUT2D eigenvalue weighted by molar-refractivity contribution is 5.91. The quantitative estimate of drug-likeness (QED) is 0.862. The number of carbonyl (C=O) groups is 1. The molecule has 1 N–H and O–H groups in total. The molecule has 1 aromatic rings. The van der Waals surface area contributed by atoms with E-state index in [0.29, 0.717) is 12.6 Å². The fourth-order valence-corrected chi connectivity index (χ4v) is 2.45.